The Labute approximate surface area is 169 Å². The van der Waals surface area contributed by atoms with Crippen molar-refractivity contribution in [3.8, 4) is 0 Å². The van der Waals surface area contributed by atoms with Gasteiger partial charge in [0.15, 0.2) is 17.3 Å². The molecule has 0 aromatic rings. The molecule has 0 aromatic carbocycles. The van der Waals surface area contributed by atoms with Gasteiger partial charge in [0.25, 0.3) is 0 Å². The zero-order valence-corrected chi connectivity index (χ0v) is 17.4. The molecule has 8 heteroatoms. The molecule has 0 fully saturated rings. The molecule has 0 aliphatic heterocycles. The van der Waals surface area contributed by atoms with Crippen LogP contribution in [-0.4, -0.2) is 22.8 Å². The van der Waals surface area contributed by atoms with Crippen LogP contribution in [0.1, 0.15) is 41.5 Å². The van der Waals surface area contributed by atoms with Gasteiger partial charge in [-0.2, -0.15) is 0 Å². The van der Waals surface area contributed by atoms with Crippen LogP contribution in [0.5, 0.6) is 0 Å². The van der Waals surface area contributed by atoms with Crippen molar-refractivity contribution >= 4 is 17.3 Å². The SMILES string of the molecule is CC(=O)C=C(C)[O-].CC(=O)C=C(C)[O-].CC(=O)C=C(C)[O-].O.[Nd+3]. The molecule has 129 valence electrons. The number of hydrogen-bond donors (Lipinski definition) is 0. The minimum atomic E-state index is -0.187. The third kappa shape index (κ3) is 62.8. The van der Waals surface area contributed by atoms with Crippen molar-refractivity contribution in [2.75, 3.05) is 0 Å². The van der Waals surface area contributed by atoms with Gasteiger partial charge in [-0.15, -0.1) is 17.3 Å². The molecule has 0 spiro atoms. The number of hydrogen-bond acceptors (Lipinski definition) is 6. The minimum Gasteiger partial charge on any atom is -0.876 e. The second-order valence-corrected chi connectivity index (χ2v) is 4.10. The molecule has 23 heavy (non-hydrogen) atoms. The summed E-state index contributed by atoms with van der Waals surface area (Å²) in [4.78, 5) is 29.9. The number of allylic oxidation sites excluding steroid dienone is 6. The van der Waals surface area contributed by atoms with Crippen molar-refractivity contribution < 1.29 is 76.0 Å². The molecule has 0 aliphatic rings. The fourth-order valence-corrected chi connectivity index (χ4v) is 0.859. The molecule has 0 bridgehead atoms. The van der Waals surface area contributed by atoms with Gasteiger partial charge in [0.1, 0.15) is 0 Å². The predicted molar refractivity (Wildman–Crippen MR) is 76.9 cm³/mol. The van der Waals surface area contributed by atoms with Gasteiger partial charge in [0.05, 0.1) is 0 Å². The summed E-state index contributed by atoms with van der Waals surface area (Å²) in [6.45, 7) is 8.09. The Kier molecular flexibility index (Phi) is 30.5. The van der Waals surface area contributed by atoms with E-state index in [1.54, 1.807) is 0 Å². The average Bonchev–Trinajstić information content (AvgIpc) is 2.10. The summed E-state index contributed by atoms with van der Waals surface area (Å²) in [5.41, 5.74) is 0. The van der Waals surface area contributed by atoms with E-state index in [9.17, 15) is 29.7 Å². The molecule has 0 atom stereocenters. The topological polar surface area (TPSA) is 152 Å². The molecule has 7 nitrogen and oxygen atoms in total. The molecule has 0 aliphatic carbocycles. The van der Waals surface area contributed by atoms with Crippen LogP contribution in [0.15, 0.2) is 35.5 Å². The molecule has 0 amide bonds. The summed E-state index contributed by atoms with van der Waals surface area (Å²) in [6, 6.07) is 0. The Morgan fingerprint density at radius 3 is 0.696 bits per heavy atom. The molecule has 0 saturated heterocycles. The normalized spacial score (nSPS) is 10.4. The summed E-state index contributed by atoms with van der Waals surface area (Å²) in [6.07, 6.45) is 3.17. The Morgan fingerprint density at radius 2 is 0.696 bits per heavy atom. The molecule has 0 heterocycles. The maximum atomic E-state index is 9.98. The van der Waals surface area contributed by atoms with E-state index in [-0.39, 0.29) is 80.9 Å². The van der Waals surface area contributed by atoms with Crippen molar-refractivity contribution in [1.82, 2.24) is 0 Å². The first-order valence-corrected chi connectivity index (χ1v) is 5.96. The van der Waals surface area contributed by atoms with Gasteiger partial charge >= 0.3 is 40.8 Å². The van der Waals surface area contributed by atoms with E-state index in [2.05, 4.69) is 0 Å². The fourth-order valence-electron chi connectivity index (χ4n) is 0.859. The van der Waals surface area contributed by atoms with Crippen LogP contribution in [0.25, 0.3) is 0 Å². The summed E-state index contributed by atoms with van der Waals surface area (Å²) in [5, 5.41) is 29.9. The van der Waals surface area contributed by atoms with Crippen LogP contribution in [0.4, 0.5) is 0 Å². The third-order valence-corrected chi connectivity index (χ3v) is 1.22. The summed E-state index contributed by atoms with van der Waals surface area (Å²) in [7, 11) is 0. The van der Waals surface area contributed by atoms with Crippen molar-refractivity contribution in [3.05, 3.63) is 35.5 Å². The zero-order valence-electron chi connectivity index (χ0n) is 14.2. The Hall–Kier alpha value is -1.06. The van der Waals surface area contributed by atoms with Gasteiger partial charge in [0, 0.05) is 0 Å². The largest absolute Gasteiger partial charge is 3.00 e. The average molecular weight is 460 g/mol. The second-order valence-electron chi connectivity index (χ2n) is 4.10. The van der Waals surface area contributed by atoms with Gasteiger partial charge < -0.3 is 20.8 Å². The minimum absolute atomic E-state index is 0. The van der Waals surface area contributed by atoms with E-state index in [0.29, 0.717) is 0 Å². The maximum Gasteiger partial charge on any atom is 3.00 e. The van der Waals surface area contributed by atoms with Crippen molar-refractivity contribution in [2.24, 2.45) is 0 Å². The van der Waals surface area contributed by atoms with Crippen LogP contribution in [0.3, 0.4) is 0 Å². The quantitative estimate of drug-likeness (QED) is 0.377. The standard InChI is InChI=1S/3C5H8O2.Nd.H2O/c3*1-4(6)3-5(2)7;;/h3*3,6H,1-2H3;;1H2/q;;;+3;/p-3. The smallest absolute Gasteiger partial charge is 0.876 e. The molecule has 0 aromatic heterocycles. The maximum absolute atomic E-state index is 9.98. The van der Waals surface area contributed by atoms with E-state index < -0.39 is 0 Å². The van der Waals surface area contributed by atoms with Gasteiger partial charge in [-0.05, 0) is 39.0 Å². The van der Waals surface area contributed by atoms with E-state index in [4.69, 9.17) is 0 Å². The van der Waals surface area contributed by atoms with E-state index in [0.717, 1.165) is 18.2 Å². The summed E-state index contributed by atoms with van der Waals surface area (Å²) in [5.74, 6) is -1.12. The number of carbonyl (C=O) groups is 3. The van der Waals surface area contributed by atoms with E-state index in [1.165, 1.54) is 41.5 Å². The van der Waals surface area contributed by atoms with Gasteiger partial charge in [-0.25, -0.2) is 0 Å². The molecule has 0 rings (SSSR count). The van der Waals surface area contributed by atoms with Crippen LogP contribution in [-0.2, 0) is 14.4 Å². The van der Waals surface area contributed by atoms with Crippen molar-refractivity contribution in [1.29, 1.82) is 0 Å². The Bertz CT molecular complexity index is 370. The Morgan fingerprint density at radius 1 is 0.565 bits per heavy atom. The van der Waals surface area contributed by atoms with Crippen molar-refractivity contribution in [2.45, 2.75) is 41.5 Å². The van der Waals surface area contributed by atoms with E-state index in [1.807, 2.05) is 0 Å². The fraction of sp³-hybridized carbons (Fsp3) is 0.400. The molecular formula is C15H23NdO7. The van der Waals surface area contributed by atoms with Crippen molar-refractivity contribution in [3.63, 3.8) is 0 Å². The second kappa shape index (κ2) is 20.9. The molecule has 0 unspecified atom stereocenters. The first kappa shape index (κ1) is 33.5. The molecule has 2 N–H and O–H groups in total. The molecular weight excluding hydrogens is 436 g/mol. The van der Waals surface area contributed by atoms with Gasteiger partial charge in [-0.3, -0.25) is 14.4 Å². The number of rotatable bonds is 3. The van der Waals surface area contributed by atoms with Crippen LogP contribution < -0.4 is 15.3 Å². The zero-order chi connectivity index (χ0) is 17.6. The Balaban J connectivity index is -0.0000000675. The van der Waals surface area contributed by atoms with Gasteiger partial charge in [-0.1, -0.05) is 20.8 Å². The molecule has 0 saturated carbocycles. The number of carbonyl (C=O) groups excluding carboxylic acids is 3. The van der Waals surface area contributed by atoms with Crippen LogP contribution in [0, 0.1) is 40.8 Å². The first-order valence-electron chi connectivity index (χ1n) is 5.96. The first-order chi connectivity index (χ1) is 9.38. The number of ketones is 3. The monoisotopic (exact) mass is 457 g/mol. The van der Waals surface area contributed by atoms with Crippen LogP contribution >= 0.6 is 0 Å². The van der Waals surface area contributed by atoms with E-state index >= 15 is 0 Å². The summed E-state index contributed by atoms with van der Waals surface area (Å²) < 4.78 is 0. The van der Waals surface area contributed by atoms with Crippen LogP contribution in [0.2, 0.25) is 0 Å². The third-order valence-electron chi connectivity index (χ3n) is 1.22. The predicted octanol–water partition coefficient (Wildman–Crippen LogP) is -1.31. The van der Waals surface area contributed by atoms with Gasteiger partial charge in [0.2, 0.25) is 0 Å². The summed E-state index contributed by atoms with van der Waals surface area (Å²) >= 11 is 0. The molecule has 1 radical (unpaired) electrons.